The summed E-state index contributed by atoms with van der Waals surface area (Å²) in [5.41, 5.74) is 22.8. The van der Waals surface area contributed by atoms with Gasteiger partial charge in [0.1, 0.15) is 12.1 Å². The number of guanidine groups is 2. The van der Waals surface area contributed by atoms with Crippen LogP contribution < -0.4 is 65.5 Å². The van der Waals surface area contributed by atoms with Crippen LogP contribution in [0.25, 0.3) is 21.8 Å². The van der Waals surface area contributed by atoms with Gasteiger partial charge in [-0.2, -0.15) is 0 Å². The van der Waals surface area contributed by atoms with Crippen LogP contribution in [0.3, 0.4) is 0 Å². The molecule has 0 aliphatic carbocycles. The molecule has 2 atom stereocenters. The van der Waals surface area contributed by atoms with Crippen molar-refractivity contribution in [2.45, 2.75) is 47.6 Å². The number of carbonyl (C=O) groups excluding carboxylic acids is 8. The number of hydrogen-bond donors (Lipinski definition) is 14. The predicted molar refractivity (Wildman–Crippen MR) is 246 cm³/mol. The second-order valence-electron chi connectivity index (χ2n) is 14.2. The van der Waals surface area contributed by atoms with Crippen molar-refractivity contribution >= 4 is 103 Å². The molecule has 0 bridgehead atoms. The van der Waals surface area contributed by atoms with Crippen LogP contribution in [-0.4, -0.2) is 120 Å². The van der Waals surface area contributed by atoms with Gasteiger partial charge in [0.05, 0.1) is 37.2 Å². The molecule has 24 nitrogen and oxygen atoms in total. The van der Waals surface area contributed by atoms with Gasteiger partial charge in [0, 0.05) is 57.2 Å². The summed E-state index contributed by atoms with van der Waals surface area (Å²) >= 11 is 0. The van der Waals surface area contributed by atoms with Crippen molar-refractivity contribution in [3.8, 4) is 0 Å². The van der Waals surface area contributed by atoms with Gasteiger partial charge in [-0.05, 0) is 62.1 Å². The zero-order chi connectivity index (χ0) is 48.2. The predicted octanol–water partition coefficient (Wildman–Crippen LogP) is -2.26. The summed E-state index contributed by atoms with van der Waals surface area (Å²) in [4.78, 5) is 110. The molecule has 4 aromatic rings. The molecule has 2 aromatic carbocycles. The van der Waals surface area contributed by atoms with E-state index in [-0.39, 0.29) is 49.0 Å². The lowest BCUT2D eigenvalue weighted by Crippen LogP contribution is -2.49. The summed E-state index contributed by atoms with van der Waals surface area (Å²) in [6, 6.07) is 11.3. The number of fused-ring (bicyclic) bond motifs is 2. The third-order valence-corrected chi connectivity index (χ3v) is 11.5. The molecule has 0 radical (unpaired) electrons. The molecule has 26 heteroatoms. The number of pyridine rings is 2. The number of benzene rings is 2. The standard InChI is InChI=1S/C40H50N16O8S2/c41-35(61)25(7-3-11-49-39(43)44)55-31(59)19-51-29(57)17-53-37(63)23-13-21-5-1-9-47-33(21)27(15-23)65-66-28-16-24(14-22-6-2-10-48-34(22)28)38(64)54-18-30(58)52-20-32(60)56-26(36(42)62)8-4-12-50-40(45)46/h1-2,5-6,9-10,13-16,25-26H,3-4,7-8,11-12,17-20H2,(H2,41,61)(H2,42,62)(H,51,57)(H,52,58)(H,53,63)(H,54,64)(H,55,59)(H,56,60)(H4,43,44,49)(H4,45,46,50)/t25-,26-/m0/s1. The smallest absolute Gasteiger partial charge is 0.251 e. The maximum absolute atomic E-state index is 13.3. The van der Waals surface area contributed by atoms with E-state index in [1.807, 2.05) is 0 Å². The van der Waals surface area contributed by atoms with Crippen LogP contribution >= 0.6 is 21.6 Å². The third-order valence-electron chi connectivity index (χ3n) is 9.12. The largest absolute Gasteiger partial charge is 0.370 e. The molecule has 350 valence electrons. The minimum Gasteiger partial charge on any atom is -0.370 e. The molecular weight excluding hydrogens is 897 g/mol. The lowest BCUT2D eigenvalue weighted by Gasteiger charge is -2.16. The number of carbonyl (C=O) groups is 8. The molecule has 66 heavy (non-hydrogen) atoms. The van der Waals surface area contributed by atoms with Gasteiger partial charge in [0.25, 0.3) is 11.8 Å². The number of amides is 8. The summed E-state index contributed by atoms with van der Waals surface area (Å²) in [7, 11) is 2.48. The van der Waals surface area contributed by atoms with Crippen LogP contribution in [0.2, 0.25) is 0 Å². The van der Waals surface area contributed by atoms with Crippen molar-refractivity contribution in [2.24, 2.45) is 22.9 Å². The number of nitrogens with one attached hydrogen (secondary N) is 10. The summed E-state index contributed by atoms with van der Waals surface area (Å²) in [6.07, 6.45) is 4.28. The highest BCUT2D eigenvalue weighted by Crippen LogP contribution is 2.43. The van der Waals surface area contributed by atoms with E-state index in [2.05, 4.69) is 52.5 Å². The average Bonchev–Trinajstić information content (AvgIpc) is 3.28. The van der Waals surface area contributed by atoms with E-state index in [4.69, 9.17) is 33.8 Å². The molecule has 0 fully saturated rings. The van der Waals surface area contributed by atoms with Gasteiger partial charge in [0.2, 0.25) is 35.4 Å². The van der Waals surface area contributed by atoms with Crippen LogP contribution in [0.1, 0.15) is 46.4 Å². The Balaban J connectivity index is 1.34. The molecule has 0 aliphatic heterocycles. The lowest BCUT2D eigenvalue weighted by molar-refractivity contribution is -0.128. The molecular formula is C40H50N16O8S2. The van der Waals surface area contributed by atoms with Crippen LogP contribution in [0, 0.1) is 10.8 Å². The van der Waals surface area contributed by atoms with E-state index in [1.54, 1.807) is 60.9 Å². The van der Waals surface area contributed by atoms with E-state index < -0.39 is 85.5 Å². The minimum absolute atomic E-state index is 0.172. The Morgan fingerprint density at radius 3 is 1.27 bits per heavy atom. The number of nitrogens with two attached hydrogens (primary N) is 4. The van der Waals surface area contributed by atoms with Crippen molar-refractivity contribution in [2.75, 3.05) is 39.3 Å². The van der Waals surface area contributed by atoms with Crippen LogP contribution in [0.15, 0.2) is 70.7 Å². The van der Waals surface area contributed by atoms with Crippen molar-refractivity contribution in [3.05, 3.63) is 72.1 Å². The minimum atomic E-state index is -1.01. The second kappa shape index (κ2) is 25.5. The fourth-order valence-corrected chi connectivity index (χ4v) is 8.25. The Morgan fingerprint density at radius 2 is 0.909 bits per heavy atom. The third kappa shape index (κ3) is 16.8. The fraction of sp³-hybridized carbons (Fsp3) is 0.300. The van der Waals surface area contributed by atoms with Crippen molar-refractivity contribution in [1.29, 1.82) is 10.8 Å². The Hall–Kier alpha value is -7.74. The molecule has 4 rings (SSSR count). The highest BCUT2D eigenvalue weighted by Gasteiger charge is 2.21. The van der Waals surface area contributed by atoms with Gasteiger partial charge < -0.3 is 65.5 Å². The number of nitrogens with zero attached hydrogens (tertiary/aromatic N) is 2. The Morgan fingerprint density at radius 1 is 0.530 bits per heavy atom. The quantitative estimate of drug-likeness (QED) is 0.0144. The first-order valence-corrected chi connectivity index (χ1v) is 22.2. The lowest BCUT2D eigenvalue weighted by atomic mass is 10.1. The van der Waals surface area contributed by atoms with Gasteiger partial charge in [-0.1, -0.05) is 33.7 Å². The molecule has 2 heterocycles. The summed E-state index contributed by atoms with van der Waals surface area (Å²) < 4.78 is 0. The SMILES string of the molecule is N=C(N)NCCC[C@H](NC(=O)CNC(=O)CNC(=O)c1cc(SSc2cc(C(=O)NCC(=O)NCC(=O)N[C@@H](CCCNC(=N)N)C(N)=O)cc3cccnc23)c2ncccc2c1)C(N)=O. The van der Waals surface area contributed by atoms with Crippen molar-refractivity contribution in [1.82, 2.24) is 52.5 Å². The molecule has 8 amide bonds. The molecule has 0 aliphatic rings. The highest BCUT2D eigenvalue weighted by molar-refractivity contribution is 8.76. The molecule has 0 spiro atoms. The summed E-state index contributed by atoms with van der Waals surface area (Å²) in [5.74, 6) is -5.94. The monoisotopic (exact) mass is 946 g/mol. The number of primary amides is 2. The van der Waals surface area contributed by atoms with Gasteiger partial charge in [-0.3, -0.25) is 59.1 Å². The zero-order valence-corrected chi connectivity index (χ0v) is 36.9. The van der Waals surface area contributed by atoms with Gasteiger partial charge in [0.15, 0.2) is 11.9 Å². The zero-order valence-electron chi connectivity index (χ0n) is 35.3. The number of aromatic nitrogens is 2. The summed E-state index contributed by atoms with van der Waals surface area (Å²) in [5, 5.41) is 35.4. The second-order valence-corrected chi connectivity index (χ2v) is 16.4. The molecule has 0 unspecified atom stereocenters. The Labute approximate surface area is 384 Å². The van der Waals surface area contributed by atoms with Crippen LogP contribution in [0.4, 0.5) is 0 Å². The van der Waals surface area contributed by atoms with E-state index in [9.17, 15) is 38.4 Å². The number of rotatable bonds is 25. The molecule has 0 saturated heterocycles. The normalized spacial score (nSPS) is 11.6. The summed E-state index contributed by atoms with van der Waals surface area (Å²) in [6.45, 7) is -1.36. The van der Waals surface area contributed by atoms with Crippen LogP contribution in [0.5, 0.6) is 0 Å². The van der Waals surface area contributed by atoms with Crippen LogP contribution in [-0.2, 0) is 28.8 Å². The van der Waals surface area contributed by atoms with Gasteiger partial charge in [-0.25, -0.2) is 0 Å². The number of hydrogen-bond acceptors (Lipinski definition) is 14. The van der Waals surface area contributed by atoms with E-state index in [1.165, 1.54) is 21.6 Å². The maximum Gasteiger partial charge on any atom is 0.251 e. The van der Waals surface area contributed by atoms with Gasteiger partial charge in [-0.15, -0.1) is 0 Å². The molecule has 2 aromatic heterocycles. The Bertz CT molecular complexity index is 2320. The Kier molecular flexibility index (Phi) is 19.7. The van der Waals surface area contributed by atoms with E-state index in [0.717, 1.165) is 0 Å². The van der Waals surface area contributed by atoms with E-state index >= 15 is 0 Å². The van der Waals surface area contributed by atoms with Gasteiger partial charge >= 0.3 is 0 Å². The molecule has 0 saturated carbocycles. The fourth-order valence-electron chi connectivity index (χ4n) is 5.93. The maximum atomic E-state index is 13.3. The highest BCUT2D eigenvalue weighted by atomic mass is 33.1. The first kappa shape index (κ1) is 50.9. The first-order chi connectivity index (χ1) is 31.5. The topological polar surface area (TPSA) is 410 Å². The first-order valence-electron chi connectivity index (χ1n) is 20.1. The van der Waals surface area contributed by atoms with E-state index in [0.29, 0.717) is 44.4 Å². The van der Waals surface area contributed by atoms with Crippen molar-refractivity contribution < 1.29 is 38.4 Å². The van der Waals surface area contributed by atoms with Crippen molar-refractivity contribution in [3.63, 3.8) is 0 Å². The molecule has 18 N–H and O–H groups in total. The average molecular weight is 947 g/mol.